The minimum Gasteiger partial charge on any atom is -0.458 e. The summed E-state index contributed by atoms with van der Waals surface area (Å²) in [6, 6.07) is 7.31. The number of ether oxygens (including phenoxy) is 1. The summed E-state index contributed by atoms with van der Waals surface area (Å²) in [5.74, 6) is -0.249. The van der Waals surface area contributed by atoms with Crippen LogP contribution in [-0.4, -0.2) is 23.3 Å². The van der Waals surface area contributed by atoms with Gasteiger partial charge in [-0.15, -0.1) is 6.58 Å². The third-order valence-corrected chi connectivity index (χ3v) is 3.59. The minimum atomic E-state index is -0.811. The van der Waals surface area contributed by atoms with Crippen molar-refractivity contribution in [1.82, 2.24) is 0 Å². The summed E-state index contributed by atoms with van der Waals surface area (Å²) in [5, 5.41) is 0.671. The Balaban J connectivity index is 2.18. The number of esters is 1. The number of hydrogen-bond acceptors (Lipinski definition) is 3. The van der Waals surface area contributed by atoms with Gasteiger partial charge in [-0.05, 0) is 44.9 Å². The Hall–Kier alpha value is -1.61. The molecule has 0 radical (unpaired) electrons. The lowest BCUT2D eigenvalue weighted by Crippen LogP contribution is -2.33. The summed E-state index contributed by atoms with van der Waals surface area (Å²) >= 11 is 5.85. The smallest absolute Gasteiger partial charge is 0.335 e. The van der Waals surface area contributed by atoms with E-state index in [1.165, 1.54) is 0 Å². The van der Waals surface area contributed by atoms with Crippen LogP contribution in [0.2, 0.25) is 5.02 Å². The van der Waals surface area contributed by atoms with Gasteiger partial charge in [0.15, 0.2) is 5.54 Å². The fourth-order valence-corrected chi connectivity index (χ4v) is 2.22. The number of aliphatic imine (C=N–C) groups is 1. The summed E-state index contributed by atoms with van der Waals surface area (Å²) in [5.41, 5.74) is -0.430. The van der Waals surface area contributed by atoms with Gasteiger partial charge in [-0.2, -0.15) is 0 Å². The van der Waals surface area contributed by atoms with Crippen LogP contribution in [0.1, 0.15) is 32.8 Å². The van der Waals surface area contributed by atoms with Gasteiger partial charge < -0.3 is 4.74 Å². The molecule has 2 atom stereocenters. The second kappa shape index (κ2) is 5.64. The zero-order valence-electron chi connectivity index (χ0n) is 12.6. The van der Waals surface area contributed by atoms with Crippen molar-refractivity contribution in [2.24, 2.45) is 10.9 Å². The summed E-state index contributed by atoms with van der Waals surface area (Å²) in [7, 11) is 0. The summed E-state index contributed by atoms with van der Waals surface area (Å²) in [6.07, 6.45) is 4.11. The molecular weight excluding hydrogens is 286 g/mol. The quantitative estimate of drug-likeness (QED) is 0.478. The van der Waals surface area contributed by atoms with Gasteiger partial charge >= 0.3 is 5.97 Å². The van der Waals surface area contributed by atoms with E-state index in [0.717, 1.165) is 5.56 Å². The van der Waals surface area contributed by atoms with Crippen molar-refractivity contribution in [2.45, 2.75) is 38.3 Å². The molecule has 1 aliphatic carbocycles. The van der Waals surface area contributed by atoms with Crippen molar-refractivity contribution in [3.63, 3.8) is 0 Å². The zero-order valence-corrected chi connectivity index (χ0v) is 13.4. The van der Waals surface area contributed by atoms with Gasteiger partial charge in [0, 0.05) is 17.2 Å². The van der Waals surface area contributed by atoms with Crippen LogP contribution < -0.4 is 0 Å². The number of hydrogen-bond donors (Lipinski definition) is 0. The molecule has 0 heterocycles. The summed E-state index contributed by atoms with van der Waals surface area (Å²) in [6.45, 7) is 9.33. The van der Waals surface area contributed by atoms with E-state index >= 15 is 0 Å². The fourth-order valence-electron chi connectivity index (χ4n) is 2.10. The molecule has 2 rings (SSSR count). The molecule has 1 saturated carbocycles. The number of carbonyl (C=O) groups excluding carboxylic acids is 1. The molecule has 0 amide bonds. The number of carbonyl (C=O) groups is 1. The lowest BCUT2D eigenvalue weighted by atomic mass is 10.1. The highest BCUT2D eigenvalue weighted by atomic mass is 35.5. The van der Waals surface area contributed by atoms with Crippen molar-refractivity contribution < 1.29 is 9.53 Å². The normalized spacial score (nSPS) is 24.9. The van der Waals surface area contributed by atoms with Crippen LogP contribution in [0.15, 0.2) is 41.9 Å². The molecule has 0 unspecified atom stereocenters. The van der Waals surface area contributed by atoms with Crippen molar-refractivity contribution in [3.8, 4) is 0 Å². The predicted octanol–water partition coefficient (Wildman–Crippen LogP) is 4.05. The fraction of sp³-hybridized carbons (Fsp3) is 0.412. The monoisotopic (exact) mass is 305 g/mol. The Bertz CT molecular complexity index is 571. The Morgan fingerprint density at radius 1 is 1.43 bits per heavy atom. The Morgan fingerprint density at radius 3 is 2.52 bits per heavy atom. The van der Waals surface area contributed by atoms with Gasteiger partial charge in [0.1, 0.15) is 5.60 Å². The second-order valence-corrected chi connectivity index (χ2v) is 6.72. The van der Waals surface area contributed by atoms with Crippen LogP contribution in [0.4, 0.5) is 0 Å². The van der Waals surface area contributed by atoms with Crippen LogP contribution in [0.25, 0.3) is 0 Å². The molecule has 0 bridgehead atoms. The lowest BCUT2D eigenvalue weighted by Gasteiger charge is -2.22. The van der Waals surface area contributed by atoms with E-state index in [0.29, 0.717) is 11.4 Å². The average molecular weight is 306 g/mol. The summed E-state index contributed by atoms with van der Waals surface area (Å²) in [4.78, 5) is 16.9. The van der Waals surface area contributed by atoms with Crippen molar-refractivity contribution >= 4 is 23.8 Å². The predicted molar refractivity (Wildman–Crippen MR) is 85.9 cm³/mol. The van der Waals surface area contributed by atoms with Gasteiger partial charge in [0.2, 0.25) is 0 Å². The molecule has 0 aliphatic heterocycles. The van der Waals surface area contributed by atoms with Crippen molar-refractivity contribution in [3.05, 3.63) is 47.5 Å². The Kier molecular flexibility index (Phi) is 4.24. The van der Waals surface area contributed by atoms with Crippen LogP contribution in [0.3, 0.4) is 0 Å². The van der Waals surface area contributed by atoms with Crippen LogP contribution >= 0.6 is 11.6 Å². The van der Waals surface area contributed by atoms with Crippen LogP contribution in [-0.2, 0) is 9.53 Å². The molecule has 0 aromatic heterocycles. The maximum absolute atomic E-state index is 12.4. The second-order valence-electron chi connectivity index (χ2n) is 6.28. The molecule has 0 N–H and O–H groups in total. The van der Waals surface area contributed by atoms with E-state index in [2.05, 4.69) is 11.6 Å². The molecule has 21 heavy (non-hydrogen) atoms. The number of nitrogens with zero attached hydrogens (tertiary/aromatic N) is 1. The molecule has 1 aromatic carbocycles. The SMILES string of the molecule is C=C[C@H]1C[C@@]1(N=Cc1ccc(Cl)cc1)C(=O)OC(C)(C)C. The molecular formula is C17H20ClNO2. The first-order valence-corrected chi connectivity index (χ1v) is 7.31. The molecule has 4 heteroatoms. The lowest BCUT2D eigenvalue weighted by molar-refractivity contribution is -0.157. The third kappa shape index (κ3) is 3.73. The van der Waals surface area contributed by atoms with Gasteiger partial charge in [-0.3, -0.25) is 4.99 Å². The first kappa shape index (κ1) is 15.8. The first-order chi connectivity index (χ1) is 9.77. The van der Waals surface area contributed by atoms with Gasteiger partial charge in [-0.25, -0.2) is 4.79 Å². The maximum Gasteiger partial charge on any atom is 0.335 e. The molecule has 0 spiro atoms. The molecule has 0 saturated heterocycles. The third-order valence-electron chi connectivity index (χ3n) is 3.34. The van der Waals surface area contributed by atoms with Gasteiger partial charge in [0.05, 0.1) is 0 Å². The van der Waals surface area contributed by atoms with E-state index < -0.39 is 11.1 Å². The van der Waals surface area contributed by atoms with E-state index in [4.69, 9.17) is 16.3 Å². The molecule has 1 aliphatic rings. The molecule has 1 fully saturated rings. The number of rotatable bonds is 4. The largest absolute Gasteiger partial charge is 0.458 e. The number of benzene rings is 1. The van der Waals surface area contributed by atoms with Crippen molar-refractivity contribution in [2.75, 3.05) is 0 Å². The highest BCUT2D eigenvalue weighted by Crippen LogP contribution is 2.49. The molecule has 112 valence electrons. The Labute approximate surface area is 130 Å². The standard InChI is InChI=1S/C17H20ClNO2/c1-5-13-10-17(13,15(20)21-16(2,3)4)19-11-12-6-8-14(18)9-7-12/h5-9,11,13H,1,10H2,2-4H3/t13-,17-/m0/s1. The van der Waals surface area contributed by atoms with E-state index in [-0.39, 0.29) is 11.9 Å². The molecule has 3 nitrogen and oxygen atoms in total. The van der Waals surface area contributed by atoms with E-state index in [1.807, 2.05) is 32.9 Å². The minimum absolute atomic E-state index is 0.0379. The zero-order chi connectivity index (χ0) is 15.7. The van der Waals surface area contributed by atoms with E-state index in [1.54, 1.807) is 24.4 Å². The average Bonchev–Trinajstić information content (AvgIpc) is 3.11. The van der Waals surface area contributed by atoms with Crippen LogP contribution in [0.5, 0.6) is 0 Å². The highest BCUT2D eigenvalue weighted by molar-refractivity contribution is 6.30. The summed E-state index contributed by atoms with van der Waals surface area (Å²) < 4.78 is 5.48. The molecule has 1 aromatic rings. The topological polar surface area (TPSA) is 38.7 Å². The van der Waals surface area contributed by atoms with Crippen molar-refractivity contribution in [1.29, 1.82) is 0 Å². The highest BCUT2D eigenvalue weighted by Gasteiger charge is 2.60. The number of halogens is 1. The maximum atomic E-state index is 12.4. The van der Waals surface area contributed by atoms with E-state index in [9.17, 15) is 4.79 Å². The first-order valence-electron chi connectivity index (χ1n) is 6.94. The van der Waals surface area contributed by atoms with Crippen LogP contribution in [0, 0.1) is 5.92 Å². The van der Waals surface area contributed by atoms with Gasteiger partial charge in [-0.1, -0.05) is 29.8 Å². The van der Waals surface area contributed by atoms with Gasteiger partial charge in [0.25, 0.3) is 0 Å². The Morgan fingerprint density at radius 2 is 2.05 bits per heavy atom.